The molecule has 0 unspecified atom stereocenters. The lowest BCUT2D eigenvalue weighted by Crippen LogP contribution is -1.94. The number of hydrogen-bond acceptors (Lipinski definition) is 1. The fraction of sp³-hybridized carbons (Fsp3) is 0.400. The summed E-state index contributed by atoms with van der Waals surface area (Å²) in [6.45, 7) is 11.4. The Balaban J connectivity index is 0. The fourth-order valence-corrected chi connectivity index (χ4v) is 1.01. The fourth-order valence-electron chi connectivity index (χ4n) is 1.01. The highest BCUT2D eigenvalue weighted by Gasteiger charge is 1.96. The summed E-state index contributed by atoms with van der Waals surface area (Å²) in [6.07, 6.45) is 2.75. The maximum atomic E-state index is 10.9. The number of carbonyl (C=O) groups excluding carboxylic acids is 1. The van der Waals surface area contributed by atoms with Crippen molar-refractivity contribution in [3.8, 4) is 0 Å². The van der Waals surface area contributed by atoms with Crippen molar-refractivity contribution in [2.45, 2.75) is 40.5 Å². The molecule has 16 heavy (non-hydrogen) atoms. The van der Waals surface area contributed by atoms with Crippen LogP contribution in [0.25, 0.3) is 0 Å². The molecule has 0 aromatic heterocycles. The van der Waals surface area contributed by atoms with Crippen molar-refractivity contribution < 1.29 is 4.79 Å². The van der Waals surface area contributed by atoms with Gasteiger partial charge in [-0.2, -0.15) is 0 Å². The average Bonchev–Trinajstić information content (AvgIpc) is 2.41. The van der Waals surface area contributed by atoms with Gasteiger partial charge in [0.15, 0.2) is 5.78 Å². The first-order valence-electron chi connectivity index (χ1n) is 6.02. The second kappa shape index (κ2) is 13.6. The summed E-state index contributed by atoms with van der Waals surface area (Å²) in [5.41, 5.74) is 1.20. The van der Waals surface area contributed by atoms with Crippen LogP contribution in [0.5, 0.6) is 0 Å². The van der Waals surface area contributed by atoms with Crippen LogP contribution in [-0.2, 0) is 11.2 Å². The third-order valence-corrected chi connectivity index (χ3v) is 1.73. The van der Waals surface area contributed by atoms with Gasteiger partial charge in [-0.15, -0.1) is 0 Å². The molecule has 1 aromatic carbocycles. The van der Waals surface area contributed by atoms with E-state index in [2.05, 4.69) is 6.58 Å². The number of rotatable bonds is 4. The molecular weight excluding hydrogens is 196 g/mol. The lowest BCUT2D eigenvalue weighted by atomic mass is 10.1. The third-order valence-electron chi connectivity index (χ3n) is 1.73. The highest BCUT2D eigenvalue weighted by Crippen LogP contribution is 2.02. The SMILES string of the molecule is C=CC(=O)CCc1ccccc1.CC.CC. The largest absolute Gasteiger partial charge is 0.295 e. The summed E-state index contributed by atoms with van der Waals surface area (Å²) in [7, 11) is 0. The van der Waals surface area contributed by atoms with Gasteiger partial charge in [-0.3, -0.25) is 4.79 Å². The highest BCUT2D eigenvalue weighted by atomic mass is 16.1. The third kappa shape index (κ3) is 9.20. The van der Waals surface area contributed by atoms with Gasteiger partial charge in [0, 0.05) is 6.42 Å². The molecule has 1 heteroatoms. The van der Waals surface area contributed by atoms with Gasteiger partial charge in [-0.25, -0.2) is 0 Å². The molecule has 0 N–H and O–H groups in total. The number of hydrogen-bond donors (Lipinski definition) is 0. The topological polar surface area (TPSA) is 17.1 Å². The average molecular weight is 220 g/mol. The summed E-state index contributed by atoms with van der Waals surface area (Å²) in [5.74, 6) is 0.110. The molecule has 0 bridgehead atoms. The second-order valence-corrected chi connectivity index (χ2v) is 2.66. The Morgan fingerprint density at radius 2 is 1.62 bits per heavy atom. The summed E-state index contributed by atoms with van der Waals surface area (Å²) < 4.78 is 0. The maximum Gasteiger partial charge on any atom is 0.155 e. The molecule has 0 aliphatic rings. The van der Waals surface area contributed by atoms with E-state index in [1.54, 1.807) is 0 Å². The smallest absolute Gasteiger partial charge is 0.155 e. The van der Waals surface area contributed by atoms with Crippen LogP contribution in [0.1, 0.15) is 39.7 Å². The minimum atomic E-state index is 0.110. The van der Waals surface area contributed by atoms with Crippen LogP contribution < -0.4 is 0 Å². The van der Waals surface area contributed by atoms with E-state index in [9.17, 15) is 4.79 Å². The molecule has 0 fully saturated rings. The van der Waals surface area contributed by atoms with E-state index in [1.807, 2.05) is 58.0 Å². The van der Waals surface area contributed by atoms with Crippen LogP contribution in [0.4, 0.5) is 0 Å². The normalized spacial score (nSPS) is 7.75. The minimum Gasteiger partial charge on any atom is -0.295 e. The first kappa shape index (κ1) is 17.0. The van der Waals surface area contributed by atoms with Crippen LogP contribution in [0, 0.1) is 0 Å². The lowest BCUT2D eigenvalue weighted by Gasteiger charge is -1.96. The molecule has 1 aromatic rings. The van der Waals surface area contributed by atoms with Gasteiger partial charge in [0.2, 0.25) is 0 Å². The van der Waals surface area contributed by atoms with Crippen molar-refractivity contribution in [3.05, 3.63) is 48.6 Å². The Morgan fingerprint density at radius 3 is 2.06 bits per heavy atom. The standard InChI is InChI=1S/C11H12O.2C2H6/c1-2-11(12)9-8-10-6-4-3-5-7-10;2*1-2/h2-7H,1,8-9H2;2*1-2H3. The molecule has 0 aliphatic carbocycles. The second-order valence-electron chi connectivity index (χ2n) is 2.66. The highest BCUT2D eigenvalue weighted by molar-refractivity contribution is 5.89. The van der Waals surface area contributed by atoms with Crippen molar-refractivity contribution in [1.82, 2.24) is 0 Å². The molecule has 0 heterocycles. The molecule has 0 radical (unpaired) electrons. The molecular formula is C15H24O. The van der Waals surface area contributed by atoms with Crippen molar-refractivity contribution in [2.24, 2.45) is 0 Å². The molecule has 0 spiro atoms. The van der Waals surface area contributed by atoms with Crippen molar-refractivity contribution in [2.75, 3.05) is 0 Å². The molecule has 0 atom stereocenters. The predicted octanol–water partition coefficient (Wildman–Crippen LogP) is 4.43. The van der Waals surface area contributed by atoms with Gasteiger partial charge in [0.25, 0.3) is 0 Å². The summed E-state index contributed by atoms with van der Waals surface area (Å²) >= 11 is 0. The van der Waals surface area contributed by atoms with Crippen LogP contribution in [-0.4, -0.2) is 5.78 Å². The number of carbonyl (C=O) groups is 1. The Morgan fingerprint density at radius 1 is 1.12 bits per heavy atom. The first-order chi connectivity index (χ1) is 7.83. The van der Waals surface area contributed by atoms with Gasteiger partial charge in [-0.1, -0.05) is 64.6 Å². The molecule has 0 saturated carbocycles. The van der Waals surface area contributed by atoms with E-state index in [0.29, 0.717) is 6.42 Å². The quantitative estimate of drug-likeness (QED) is 0.686. The maximum absolute atomic E-state index is 10.9. The molecule has 0 amide bonds. The Labute approximate surface area is 100 Å². The predicted molar refractivity (Wildman–Crippen MR) is 72.7 cm³/mol. The molecule has 0 aliphatic heterocycles. The minimum absolute atomic E-state index is 0.110. The van der Waals surface area contributed by atoms with Gasteiger partial charge in [0.1, 0.15) is 0 Å². The van der Waals surface area contributed by atoms with Gasteiger partial charge >= 0.3 is 0 Å². The zero-order valence-electron chi connectivity index (χ0n) is 11.0. The summed E-state index contributed by atoms with van der Waals surface area (Å²) in [4.78, 5) is 10.9. The Hall–Kier alpha value is -1.37. The van der Waals surface area contributed by atoms with E-state index in [4.69, 9.17) is 0 Å². The number of benzene rings is 1. The molecule has 1 nitrogen and oxygen atoms in total. The van der Waals surface area contributed by atoms with Gasteiger partial charge < -0.3 is 0 Å². The van der Waals surface area contributed by atoms with E-state index >= 15 is 0 Å². The van der Waals surface area contributed by atoms with Crippen LogP contribution in [0.15, 0.2) is 43.0 Å². The van der Waals surface area contributed by atoms with Gasteiger partial charge in [0.05, 0.1) is 0 Å². The number of ketones is 1. The summed E-state index contributed by atoms with van der Waals surface area (Å²) in [6, 6.07) is 9.98. The van der Waals surface area contributed by atoms with Crippen molar-refractivity contribution >= 4 is 5.78 Å². The van der Waals surface area contributed by atoms with E-state index in [-0.39, 0.29) is 5.78 Å². The lowest BCUT2D eigenvalue weighted by molar-refractivity contribution is -0.114. The van der Waals surface area contributed by atoms with Crippen LogP contribution >= 0.6 is 0 Å². The zero-order chi connectivity index (χ0) is 12.8. The molecule has 90 valence electrons. The van der Waals surface area contributed by atoms with E-state index < -0.39 is 0 Å². The molecule has 1 rings (SSSR count). The first-order valence-corrected chi connectivity index (χ1v) is 6.02. The Kier molecular flexibility index (Phi) is 14.5. The van der Waals surface area contributed by atoms with E-state index in [0.717, 1.165) is 6.42 Å². The number of allylic oxidation sites excluding steroid dienone is 1. The monoisotopic (exact) mass is 220 g/mol. The van der Waals surface area contributed by atoms with Crippen LogP contribution in [0.3, 0.4) is 0 Å². The van der Waals surface area contributed by atoms with Gasteiger partial charge in [-0.05, 0) is 18.1 Å². The summed E-state index contributed by atoms with van der Waals surface area (Å²) in [5, 5.41) is 0. The Bertz CT molecular complexity index is 262. The van der Waals surface area contributed by atoms with E-state index in [1.165, 1.54) is 11.6 Å². The van der Waals surface area contributed by atoms with Crippen LogP contribution in [0.2, 0.25) is 0 Å². The number of aryl methyl sites for hydroxylation is 1. The van der Waals surface area contributed by atoms with Crippen molar-refractivity contribution in [1.29, 1.82) is 0 Å². The molecule has 0 saturated heterocycles. The van der Waals surface area contributed by atoms with Crippen molar-refractivity contribution in [3.63, 3.8) is 0 Å². The zero-order valence-corrected chi connectivity index (χ0v) is 11.0.